The van der Waals surface area contributed by atoms with Crippen LogP contribution in [0.4, 0.5) is 11.4 Å². The first-order valence-corrected chi connectivity index (χ1v) is 45.9. The van der Waals surface area contributed by atoms with Crippen LogP contribution in [0.5, 0.6) is 5.75 Å². The van der Waals surface area contributed by atoms with E-state index in [-0.39, 0.29) is 48.6 Å². The highest BCUT2D eigenvalue weighted by molar-refractivity contribution is 9.10. The number of hydrogen-bond acceptors (Lipinski definition) is 23. The molecule has 0 unspecified atom stereocenters. The second-order valence-corrected chi connectivity index (χ2v) is 33.9. The number of aliphatic hydroxyl groups is 1. The summed E-state index contributed by atoms with van der Waals surface area (Å²) in [6.45, 7) is 14.2. The molecular weight excluding hydrogens is 1920 g/mol. The molecule has 0 amide bonds. The van der Waals surface area contributed by atoms with Gasteiger partial charge in [-0.25, -0.2) is 58.7 Å². The minimum Gasteiger partial charge on any atom is -0.493 e. The lowest BCUT2D eigenvalue weighted by Crippen LogP contribution is -2.24. The van der Waals surface area contributed by atoms with Crippen molar-refractivity contribution in [2.45, 2.75) is 54.1 Å². The van der Waals surface area contributed by atoms with Gasteiger partial charge in [0.15, 0.2) is 16.9 Å². The van der Waals surface area contributed by atoms with Gasteiger partial charge in [0, 0.05) is 91.5 Å². The molecule has 24 aromatic rings. The molecule has 0 atom stereocenters. The highest BCUT2D eigenvalue weighted by Gasteiger charge is 2.22. The lowest BCUT2D eigenvalue weighted by molar-refractivity contribution is 0.282. The van der Waals surface area contributed by atoms with Gasteiger partial charge in [0.2, 0.25) is 5.89 Å². The number of aromatic nitrogens is 11. The number of aryl methyl sites for hydroxylation is 1. The summed E-state index contributed by atoms with van der Waals surface area (Å²) in [5, 5.41) is 14.7. The number of H-pyrrole nitrogens is 5. The molecule has 24 rings (SSSR count). The maximum absolute atomic E-state index is 12.6. The van der Waals surface area contributed by atoms with E-state index in [1.165, 1.54) is 0 Å². The van der Waals surface area contributed by atoms with Gasteiger partial charge in [0.05, 0.1) is 68.9 Å². The molecule has 706 valence electrons. The van der Waals surface area contributed by atoms with Crippen molar-refractivity contribution < 1.29 is 40.8 Å². The number of oxazole rings is 1. The van der Waals surface area contributed by atoms with Gasteiger partial charge in [-0.15, -0.1) is 24.8 Å². The van der Waals surface area contributed by atoms with Crippen LogP contribution in [0.1, 0.15) is 51.7 Å². The predicted molar refractivity (Wildman–Crippen MR) is 564 cm³/mol. The van der Waals surface area contributed by atoms with Crippen LogP contribution >= 0.6 is 52.3 Å². The quantitative estimate of drug-likeness (QED) is 0.0489. The van der Waals surface area contributed by atoms with E-state index in [2.05, 4.69) is 114 Å². The summed E-state index contributed by atoms with van der Waals surface area (Å²) >= 11 is 9.40. The molecule has 12 aromatic heterocycles. The van der Waals surface area contributed by atoms with E-state index in [0.717, 1.165) is 148 Å². The average Bonchev–Trinajstić information content (AvgIpc) is 1.66. The summed E-state index contributed by atoms with van der Waals surface area (Å²) in [7, 11) is 1.54. The molecule has 28 nitrogen and oxygen atoms in total. The van der Waals surface area contributed by atoms with Crippen molar-refractivity contribution in [1.82, 2.24) is 54.8 Å². The summed E-state index contributed by atoms with van der Waals surface area (Å²) in [5.74, 6) is 3.34. The molecule has 141 heavy (non-hydrogen) atoms. The van der Waals surface area contributed by atoms with Crippen molar-refractivity contribution in [3.63, 3.8) is 0 Å². The van der Waals surface area contributed by atoms with E-state index in [9.17, 15) is 28.8 Å². The van der Waals surface area contributed by atoms with Gasteiger partial charge in [-0.05, 0) is 221 Å². The second kappa shape index (κ2) is 42.2. The number of ether oxygens (including phenoxy) is 1. The van der Waals surface area contributed by atoms with Gasteiger partial charge < -0.3 is 75.5 Å². The normalized spacial score (nSPS) is 11.1. The van der Waals surface area contributed by atoms with Crippen LogP contribution in [0.3, 0.4) is 0 Å². The van der Waals surface area contributed by atoms with E-state index in [4.69, 9.17) is 52.4 Å². The molecule has 0 radical (unpaired) electrons. The molecule has 0 aliphatic heterocycles. The standard InChI is InChI=1S/C22H23N3O2.C20H17ClN2O3.2C17H12N2O3.C17H12N2O2.C16H9BrN2O2.2ClH/c1-3-11-25(12-4-2)16-10-9-15-13-17(22(26)27-20(15)14-16)21-23-18-7-5-6-8-19(18)24-21;1-3-23(4-2)14-7-5-12-9-15(20(24)26-18(12)11-14)19-22-16-10-13(21)6-8-17(16)25-19;1-21-14-8-4-5-10-9-11(17(20)22-15(10)14)16-18-12-6-2-3-7-13(12)19-16;20-9-10-5-6-11-8-12(17(21)22-15(11)7-10)16-18-13-3-1-2-4-14(13)19-16;1-10-6-7-15-11(8-10)9-12(17(20)21-15)16-18-13-4-2-3-5-14(13)19-16;17-10-5-6-14-9(7-10)8-11(16(20)21-14)15-18-12-3-1-2-4-13(12)19-15;;/h5-10,13-14H,3-4,11-12H2,1-2H3,(H,23,24);5-11H,3-4H2,1-2H3;2-9H,1H3,(H,18,19);1-8,20H,9H2,(H,18,19);2-9H,1H3,(H,18,19);1-8H,(H,18,19);2*1H. The number of halogens is 4. The summed E-state index contributed by atoms with van der Waals surface area (Å²) in [4.78, 5) is 121. The number of hydrogen-bond donors (Lipinski definition) is 6. The van der Waals surface area contributed by atoms with Crippen molar-refractivity contribution in [1.29, 1.82) is 0 Å². The molecule has 6 N–H and O–H groups in total. The number of aliphatic hydroxyl groups excluding tert-OH is 1. The molecule has 0 fully saturated rings. The molecule has 12 aromatic carbocycles. The van der Waals surface area contributed by atoms with Crippen molar-refractivity contribution in [3.05, 3.63) is 368 Å². The van der Waals surface area contributed by atoms with Gasteiger partial charge in [-0.1, -0.05) is 138 Å². The number of methoxy groups -OCH3 is 1. The van der Waals surface area contributed by atoms with Crippen molar-refractivity contribution >= 4 is 196 Å². The Hall–Kier alpha value is -16.6. The van der Waals surface area contributed by atoms with Gasteiger partial charge in [0.1, 0.15) is 95.9 Å². The zero-order valence-corrected chi connectivity index (χ0v) is 80.4. The number of imidazole rings is 5. The molecule has 12 heterocycles. The van der Waals surface area contributed by atoms with Crippen LogP contribution in [0.15, 0.2) is 349 Å². The number of nitrogens with one attached hydrogen (secondary N) is 5. The van der Waals surface area contributed by atoms with Crippen molar-refractivity contribution in [2.75, 3.05) is 43.1 Å². The van der Waals surface area contributed by atoms with Crippen LogP contribution in [0.25, 0.3) is 200 Å². The molecule has 0 aliphatic rings. The molecular formula is C109H87BrCl3N13O15. The third kappa shape index (κ3) is 20.7. The fraction of sp³-hybridized carbons (Fsp3) is 0.119. The van der Waals surface area contributed by atoms with E-state index >= 15 is 0 Å². The lowest BCUT2D eigenvalue weighted by atomic mass is 10.1. The largest absolute Gasteiger partial charge is 0.493 e. The van der Waals surface area contributed by atoms with E-state index < -0.39 is 22.5 Å². The first-order chi connectivity index (χ1) is 67.7. The second-order valence-electron chi connectivity index (χ2n) is 32.6. The number of rotatable bonds is 16. The fourth-order valence-electron chi connectivity index (χ4n) is 16.4. The van der Waals surface area contributed by atoms with E-state index in [1.807, 2.05) is 219 Å². The van der Waals surface area contributed by atoms with Gasteiger partial charge >= 0.3 is 33.8 Å². The Labute approximate surface area is 825 Å². The smallest absolute Gasteiger partial charge is 0.349 e. The third-order valence-electron chi connectivity index (χ3n) is 23.2. The number of aromatic amines is 5. The fourth-order valence-corrected chi connectivity index (χ4v) is 16.9. The van der Waals surface area contributed by atoms with E-state index in [0.29, 0.717) is 123 Å². The van der Waals surface area contributed by atoms with Gasteiger partial charge in [-0.2, -0.15) is 0 Å². The minimum atomic E-state index is -0.480. The SMILES string of the molecule is CCCN(CCC)c1ccc2cc(-c3nc4ccccc4[nH]3)c(=O)oc2c1.CCN(CC)c1ccc2cc(-c3nc4cc(Cl)ccc4o3)c(=O)oc2c1.COc1cccc2cc(-c3nc4ccccc4[nH]3)c(=O)oc12.Cc1ccc2oc(=O)c(-c3nc4ccccc4[nH]3)cc2c1.Cl.Cl.O=c1oc2cc(CO)ccc2cc1-c1nc2ccccc2[nH]1.O=c1oc2ccc(Br)cc2cc1-c1nc2ccccc2[nH]1. The molecule has 0 spiro atoms. The Morgan fingerprint density at radius 3 is 1.15 bits per heavy atom. The Bertz CT molecular complexity index is 8850. The van der Waals surface area contributed by atoms with Crippen LogP contribution < -0.4 is 48.3 Å². The molecule has 32 heteroatoms. The highest BCUT2D eigenvalue weighted by atomic mass is 79.9. The van der Waals surface area contributed by atoms with Crippen LogP contribution in [-0.4, -0.2) is 93.2 Å². The number of anilines is 2. The zero-order valence-electron chi connectivity index (χ0n) is 76.4. The Balaban J connectivity index is 0.000000116. The molecule has 0 aliphatic carbocycles. The maximum atomic E-state index is 12.6. The monoisotopic (exact) mass is 2000 g/mol. The van der Waals surface area contributed by atoms with Crippen molar-refractivity contribution in [3.8, 4) is 74.1 Å². The number of nitrogens with zero attached hydrogens (tertiary/aromatic N) is 8. The topological polar surface area (TPSA) is 387 Å². The lowest BCUT2D eigenvalue weighted by Gasteiger charge is -2.23. The van der Waals surface area contributed by atoms with Gasteiger partial charge in [-0.3, -0.25) is 0 Å². The minimum absolute atomic E-state index is 0. The van der Waals surface area contributed by atoms with Gasteiger partial charge in [0.25, 0.3) is 0 Å². The molecule has 0 saturated heterocycles. The molecule has 0 bridgehead atoms. The predicted octanol–water partition coefficient (Wildman–Crippen LogP) is 24.8. The zero-order chi connectivity index (χ0) is 96.1. The maximum Gasteiger partial charge on any atom is 0.349 e. The summed E-state index contributed by atoms with van der Waals surface area (Å²) < 4.78 is 44.6. The third-order valence-corrected chi connectivity index (χ3v) is 24.0. The summed E-state index contributed by atoms with van der Waals surface area (Å²) in [5.41, 5.74) is 16.7. The first-order valence-electron chi connectivity index (χ1n) is 44.7. The highest BCUT2D eigenvalue weighted by Crippen LogP contribution is 2.35. The summed E-state index contributed by atoms with van der Waals surface area (Å²) in [6.07, 6.45) is 2.15. The first kappa shape index (κ1) is 96.1. The van der Waals surface area contributed by atoms with E-state index in [1.54, 1.807) is 73.8 Å². The van der Waals surface area contributed by atoms with Crippen LogP contribution in [-0.2, 0) is 6.61 Å². The van der Waals surface area contributed by atoms with Crippen molar-refractivity contribution in [2.24, 2.45) is 0 Å². The Morgan fingerprint density at radius 2 is 0.716 bits per heavy atom. The molecule has 0 saturated carbocycles. The van der Waals surface area contributed by atoms with Crippen LogP contribution in [0.2, 0.25) is 5.02 Å². The number of para-hydroxylation sites is 11. The average molecular weight is 2010 g/mol. The number of benzene rings is 12. The number of fused-ring (bicyclic) bond motifs is 12. The Kier molecular flexibility index (Phi) is 28.8. The Morgan fingerprint density at radius 1 is 0.340 bits per heavy atom. The van der Waals surface area contributed by atoms with Crippen LogP contribution in [0, 0.1) is 6.92 Å². The summed E-state index contributed by atoms with van der Waals surface area (Å²) in [6, 6.07) is 88.1.